The molecule has 34 heavy (non-hydrogen) atoms. The number of benzene rings is 3. The van der Waals surface area contributed by atoms with Crippen molar-refractivity contribution >= 4 is 21.6 Å². The summed E-state index contributed by atoms with van der Waals surface area (Å²) in [6, 6.07) is 44.8. The van der Waals surface area contributed by atoms with E-state index in [0.717, 1.165) is 28.0 Å². The van der Waals surface area contributed by atoms with Gasteiger partial charge < -0.3 is 4.98 Å². The molecule has 0 aliphatic heterocycles. The van der Waals surface area contributed by atoms with E-state index in [1.54, 1.807) is 17.5 Å². The van der Waals surface area contributed by atoms with Crippen LogP contribution in [0.25, 0.3) is 43.2 Å². The fourth-order valence-corrected chi connectivity index (χ4v) is 4.45. The van der Waals surface area contributed by atoms with Crippen molar-refractivity contribution in [2.45, 2.75) is 0 Å². The van der Waals surface area contributed by atoms with Crippen LogP contribution in [0.1, 0.15) is 0 Å². The smallest absolute Gasteiger partial charge is 0.0709 e. The molecule has 0 amide bonds. The minimum absolute atomic E-state index is 0. The Hall–Kier alpha value is -3.43. The number of thiophene rings is 1. The Labute approximate surface area is 217 Å². The largest absolute Gasteiger partial charge is 0.305 e. The van der Waals surface area contributed by atoms with Gasteiger partial charge in [-0.05, 0) is 35.2 Å². The van der Waals surface area contributed by atoms with Gasteiger partial charge in [-0.2, -0.15) is 0 Å². The normalized spacial score (nSPS) is 10.1. The molecule has 3 aromatic carbocycles. The van der Waals surface area contributed by atoms with E-state index in [0.29, 0.717) is 0 Å². The van der Waals surface area contributed by atoms with Crippen molar-refractivity contribution in [3.63, 3.8) is 0 Å². The monoisotopic (exact) mass is 633 g/mol. The molecule has 0 atom stereocenters. The van der Waals surface area contributed by atoms with Crippen LogP contribution in [0.5, 0.6) is 0 Å². The van der Waals surface area contributed by atoms with Crippen molar-refractivity contribution in [1.82, 2.24) is 9.97 Å². The molecule has 1 radical (unpaired) electrons. The molecule has 167 valence electrons. The SMILES string of the molecule is [Ir].[c-]1ccccc1-c1ccc2sc(-c3ccccc3)cc2n1.[c-]1ccccc1-c1ccccn1. The summed E-state index contributed by atoms with van der Waals surface area (Å²) < 4.78 is 1.22. The van der Waals surface area contributed by atoms with Crippen LogP contribution in [0.3, 0.4) is 0 Å². The van der Waals surface area contributed by atoms with Gasteiger partial charge in [0.25, 0.3) is 0 Å². The zero-order valence-corrected chi connectivity index (χ0v) is 21.4. The molecule has 0 spiro atoms. The molecule has 3 aromatic heterocycles. The fraction of sp³-hybridized carbons (Fsp3) is 0. The van der Waals surface area contributed by atoms with E-state index in [2.05, 4.69) is 59.6 Å². The van der Waals surface area contributed by atoms with Gasteiger partial charge in [0, 0.05) is 31.2 Å². The first kappa shape index (κ1) is 23.7. The van der Waals surface area contributed by atoms with E-state index in [-0.39, 0.29) is 20.1 Å². The van der Waals surface area contributed by atoms with Gasteiger partial charge in [0.15, 0.2) is 0 Å². The second kappa shape index (κ2) is 11.6. The first-order chi connectivity index (χ1) is 16.4. The predicted octanol–water partition coefficient (Wildman–Crippen LogP) is 7.98. The molecule has 6 rings (SSSR count). The van der Waals surface area contributed by atoms with Crippen molar-refractivity contribution in [3.8, 4) is 33.0 Å². The maximum Gasteiger partial charge on any atom is 0.0709 e. The Bertz CT molecular complexity index is 1360. The van der Waals surface area contributed by atoms with Gasteiger partial charge in [-0.25, -0.2) is 0 Å². The van der Waals surface area contributed by atoms with Crippen LogP contribution >= 0.6 is 11.3 Å². The van der Waals surface area contributed by atoms with E-state index in [1.165, 1.54) is 15.1 Å². The number of aromatic nitrogens is 2. The van der Waals surface area contributed by atoms with Crippen molar-refractivity contribution in [1.29, 1.82) is 0 Å². The molecular weight excluding hydrogens is 613 g/mol. The van der Waals surface area contributed by atoms with E-state index in [9.17, 15) is 0 Å². The summed E-state index contributed by atoms with van der Waals surface area (Å²) in [6.07, 6.45) is 1.79. The second-order valence-corrected chi connectivity index (χ2v) is 8.41. The molecule has 2 nitrogen and oxygen atoms in total. The molecule has 0 unspecified atom stereocenters. The van der Waals surface area contributed by atoms with Gasteiger partial charge in [0.05, 0.1) is 10.2 Å². The molecule has 3 heterocycles. The summed E-state index contributed by atoms with van der Waals surface area (Å²) in [4.78, 5) is 10.2. The first-order valence-electron chi connectivity index (χ1n) is 10.7. The molecular formula is C30H20IrN2S-2. The van der Waals surface area contributed by atoms with E-state index >= 15 is 0 Å². The fourth-order valence-electron chi connectivity index (χ4n) is 3.45. The summed E-state index contributed by atoms with van der Waals surface area (Å²) >= 11 is 1.78. The Kier molecular flexibility index (Phi) is 8.11. The third-order valence-corrected chi connectivity index (χ3v) is 6.21. The van der Waals surface area contributed by atoms with E-state index < -0.39 is 0 Å². The molecule has 0 aliphatic carbocycles. The van der Waals surface area contributed by atoms with Gasteiger partial charge in [0.2, 0.25) is 0 Å². The topological polar surface area (TPSA) is 25.8 Å². The van der Waals surface area contributed by atoms with E-state index in [4.69, 9.17) is 4.98 Å². The first-order valence-corrected chi connectivity index (χ1v) is 11.5. The number of hydrogen-bond acceptors (Lipinski definition) is 3. The van der Waals surface area contributed by atoms with Crippen molar-refractivity contribution in [2.24, 2.45) is 0 Å². The van der Waals surface area contributed by atoms with Gasteiger partial charge in [0.1, 0.15) is 0 Å². The Balaban J connectivity index is 0.000000180. The third-order valence-electron chi connectivity index (χ3n) is 5.07. The van der Waals surface area contributed by atoms with Gasteiger partial charge in [-0.3, -0.25) is 4.98 Å². The van der Waals surface area contributed by atoms with Gasteiger partial charge in [-0.1, -0.05) is 48.5 Å². The molecule has 4 heteroatoms. The predicted molar refractivity (Wildman–Crippen MR) is 138 cm³/mol. The number of hydrogen-bond donors (Lipinski definition) is 0. The standard InChI is InChI=1S/C19H12NS.C11H8N.Ir/c1-3-7-14(8-4-1)16-11-12-18-17(20-16)13-19(21-18)15-9-5-2-6-10-15;1-2-6-10(7-3-1)11-8-4-5-9-12-11;/h1-7,9-13H;1-6,8-9H;/q2*-1;. The summed E-state index contributed by atoms with van der Waals surface area (Å²) in [5.41, 5.74) is 6.31. The van der Waals surface area contributed by atoms with Crippen molar-refractivity contribution in [3.05, 3.63) is 134 Å². The average molecular weight is 633 g/mol. The Morgan fingerprint density at radius 3 is 1.94 bits per heavy atom. The number of rotatable bonds is 3. The van der Waals surface area contributed by atoms with Crippen LogP contribution in [-0.4, -0.2) is 9.97 Å². The summed E-state index contributed by atoms with van der Waals surface area (Å²) in [5, 5.41) is 0. The van der Waals surface area contributed by atoms with Gasteiger partial charge in [-0.15, -0.1) is 83.1 Å². The molecule has 0 bridgehead atoms. The zero-order chi connectivity index (χ0) is 22.3. The van der Waals surface area contributed by atoms with Gasteiger partial charge >= 0.3 is 0 Å². The maximum atomic E-state index is 4.77. The number of nitrogens with zero attached hydrogens (tertiary/aromatic N) is 2. The van der Waals surface area contributed by atoms with E-state index in [1.807, 2.05) is 72.8 Å². The number of pyridine rings is 2. The minimum atomic E-state index is 0. The maximum absolute atomic E-state index is 4.77. The summed E-state index contributed by atoms with van der Waals surface area (Å²) in [5.74, 6) is 0. The van der Waals surface area contributed by atoms with Crippen LogP contribution in [0.4, 0.5) is 0 Å². The minimum Gasteiger partial charge on any atom is -0.305 e. The van der Waals surface area contributed by atoms with Crippen molar-refractivity contribution < 1.29 is 20.1 Å². The molecule has 0 saturated carbocycles. The van der Waals surface area contributed by atoms with Crippen LogP contribution in [-0.2, 0) is 20.1 Å². The zero-order valence-electron chi connectivity index (χ0n) is 18.2. The van der Waals surface area contributed by atoms with Crippen LogP contribution in [0, 0.1) is 12.1 Å². The summed E-state index contributed by atoms with van der Waals surface area (Å²) in [7, 11) is 0. The Morgan fingerprint density at radius 2 is 1.29 bits per heavy atom. The average Bonchev–Trinajstić information content (AvgIpc) is 3.35. The Morgan fingerprint density at radius 1 is 0.618 bits per heavy atom. The second-order valence-electron chi connectivity index (χ2n) is 7.32. The summed E-state index contributed by atoms with van der Waals surface area (Å²) in [6.45, 7) is 0. The molecule has 0 aliphatic rings. The van der Waals surface area contributed by atoms with Crippen molar-refractivity contribution in [2.75, 3.05) is 0 Å². The third kappa shape index (κ3) is 5.73. The molecule has 0 fully saturated rings. The van der Waals surface area contributed by atoms with Crippen LogP contribution < -0.4 is 0 Å². The van der Waals surface area contributed by atoms with Crippen LogP contribution in [0.15, 0.2) is 121 Å². The number of fused-ring (bicyclic) bond motifs is 1. The molecule has 6 aromatic rings. The quantitative estimate of drug-likeness (QED) is 0.185. The molecule has 0 N–H and O–H groups in total. The molecule has 0 saturated heterocycles. The van der Waals surface area contributed by atoms with Crippen LogP contribution in [0.2, 0.25) is 0 Å².